The summed E-state index contributed by atoms with van der Waals surface area (Å²) in [6, 6.07) is 7.77. The van der Waals surface area contributed by atoms with Gasteiger partial charge in [-0.3, -0.25) is 0 Å². The zero-order valence-electron chi connectivity index (χ0n) is 7.06. The molecule has 0 aromatic heterocycles. The van der Waals surface area contributed by atoms with E-state index in [1.807, 2.05) is 24.3 Å². The van der Waals surface area contributed by atoms with Crippen LogP contribution in [0.15, 0.2) is 24.3 Å². The van der Waals surface area contributed by atoms with Gasteiger partial charge in [0.05, 0.1) is 5.25 Å². The Morgan fingerprint density at radius 2 is 2.14 bits per heavy atom. The Labute approximate surface area is 108 Å². The van der Waals surface area contributed by atoms with Gasteiger partial charge in [0.1, 0.15) is 0 Å². The maximum absolute atomic E-state index is 11.0. The van der Waals surface area contributed by atoms with E-state index in [4.69, 9.17) is 4.55 Å². The van der Waals surface area contributed by atoms with Crippen LogP contribution in [0.4, 0.5) is 0 Å². The molecule has 1 aromatic rings. The van der Waals surface area contributed by atoms with Gasteiger partial charge in [-0.25, -0.2) is 4.21 Å². The van der Waals surface area contributed by atoms with E-state index < -0.39 is 11.1 Å². The van der Waals surface area contributed by atoms with E-state index in [9.17, 15) is 4.21 Å². The van der Waals surface area contributed by atoms with Gasteiger partial charge in [-0.1, -0.05) is 24.3 Å². The second-order valence-corrected chi connectivity index (χ2v) is 4.22. The van der Waals surface area contributed by atoms with Crippen LogP contribution in [0.2, 0.25) is 0 Å². The molecule has 0 bridgehead atoms. The van der Waals surface area contributed by atoms with E-state index in [-0.39, 0.29) is 34.8 Å². The molecule has 0 spiro atoms. The average molecular weight is 221 g/mol. The molecule has 1 aromatic carbocycles. The molecule has 0 saturated carbocycles. The monoisotopic (exact) mass is 221 g/mol. The molecule has 1 aliphatic rings. The number of nitrogens with one attached hydrogen (secondary N) is 1. The maximum atomic E-state index is 11.0. The van der Waals surface area contributed by atoms with Gasteiger partial charge in [-0.2, -0.15) is 0 Å². The van der Waals surface area contributed by atoms with Crippen molar-refractivity contribution in [3.63, 3.8) is 0 Å². The minimum atomic E-state index is -1.78. The second-order valence-electron chi connectivity index (χ2n) is 3.09. The molecule has 0 saturated heterocycles. The van der Waals surface area contributed by atoms with Crippen molar-refractivity contribution in [2.75, 3.05) is 6.54 Å². The first-order valence-corrected chi connectivity index (χ1v) is 5.34. The number of hydrogen-bond acceptors (Lipinski definition) is 2. The zero-order chi connectivity index (χ0) is 9.26. The molecule has 0 amide bonds. The Hall–Kier alpha value is 0.290. The third-order valence-corrected chi connectivity index (χ3v) is 3.20. The molecule has 2 atom stereocenters. The van der Waals surface area contributed by atoms with Crippen molar-refractivity contribution in [1.29, 1.82) is 0 Å². The Morgan fingerprint density at radius 1 is 1.43 bits per heavy atom. The van der Waals surface area contributed by atoms with E-state index in [2.05, 4.69) is 5.32 Å². The van der Waals surface area contributed by atoms with Gasteiger partial charge in [-0.15, -0.1) is 0 Å². The van der Waals surface area contributed by atoms with Crippen molar-refractivity contribution in [2.45, 2.75) is 11.8 Å². The van der Waals surface area contributed by atoms with Crippen LogP contribution >= 0.6 is 0 Å². The molecule has 1 heterocycles. The van der Waals surface area contributed by atoms with E-state index in [1.54, 1.807) is 0 Å². The molecule has 0 aliphatic carbocycles. The number of hydrogen-bond donors (Lipinski definition) is 2. The van der Waals surface area contributed by atoms with Crippen molar-refractivity contribution in [2.24, 2.45) is 0 Å². The van der Waals surface area contributed by atoms with Crippen LogP contribution in [0.25, 0.3) is 0 Å². The minimum absolute atomic E-state index is 0. The molecule has 2 rings (SSSR count). The van der Waals surface area contributed by atoms with Gasteiger partial charge in [0, 0.05) is 13.1 Å². The number of fused-ring (bicyclic) bond motifs is 1. The average Bonchev–Trinajstić information content (AvgIpc) is 2.17. The first-order valence-electron chi connectivity index (χ1n) is 4.17. The molecular weight excluding hydrogens is 209 g/mol. The van der Waals surface area contributed by atoms with E-state index in [1.165, 1.54) is 0 Å². The third-order valence-electron chi connectivity index (χ3n) is 2.29. The Bertz CT molecular complexity index is 345. The molecule has 1 aliphatic heterocycles. The second kappa shape index (κ2) is 5.39. The van der Waals surface area contributed by atoms with Crippen molar-refractivity contribution < 1.29 is 8.76 Å². The summed E-state index contributed by atoms with van der Waals surface area (Å²) in [5.74, 6) is 0. The van der Waals surface area contributed by atoms with Crippen LogP contribution in [-0.4, -0.2) is 44.9 Å². The van der Waals surface area contributed by atoms with Crippen LogP contribution in [0.1, 0.15) is 16.4 Å². The van der Waals surface area contributed by atoms with Gasteiger partial charge in [0.2, 0.25) is 0 Å². The molecule has 14 heavy (non-hydrogen) atoms. The predicted octanol–water partition coefficient (Wildman–Crippen LogP) is 0.404. The Morgan fingerprint density at radius 3 is 2.86 bits per heavy atom. The Balaban J connectivity index is 0.000000980. The van der Waals surface area contributed by atoms with Gasteiger partial charge in [0.15, 0.2) is 11.1 Å². The fourth-order valence-electron chi connectivity index (χ4n) is 1.64. The van der Waals surface area contributed by atoms with Crippen LogP contribution in [0, 0.1) is 0 Å². The molecule has 0 fully saturated rings. The summed E-state index contributed by atoms with van der Waals surface area (Å²) < 4.78 is 20.0. The summed E-state index contributed by atoms with van der Waals surface area (Å²) >= 11 is -1.78. The molecule has 2 N–H and O–H groups in total. The van der Waals surface area contributed by atoms with Crippen LogP contribution < -0.4 is 5.32 Å². The molecule has 3 nitrogen and oxygen atoms in total. The summed E-state index contributed by atoms with van der Waals surface area (Å²) in [4.78, 5) is 0. The summed E-state index contributed by atoms with van der Waals surface area (Å²) in [6.45, 7) is 1.38. The predicted molar refractivity (Wildman–Crippen MR) is 58.8 cm³/mol. The van der Waals surface area contributed by atoms with Crippen molar-refractivity contribution in [3.8, 4) is 0 Å². The number of benzene rings is 1. The quantitative estimate of drug-likeness (QED) is 0.533. The molecule has 0 radical (unpaired) electrons. The van der Waals surface area contributed by atoms with E-state index in [0.29, 0.717) is 6.54 Å². The van der Waals surface area contributed by atoms with Crippen LogP contribution in [-0.2, 0) is 17.6 Å². The van der Waals surface area contributed by atoms with Crippen molar-refractivity contribution in [3.05, 3.63) is 35.4 Å². The Kier molecular flexibility index (Phi) is 4.76. The van der Waals surface area contributed by atoms with Gasteiger partial charge in [0.25, 0.3) is 0 Å². The molecule has 72 valence electrons. The molecule has 5 heteroatoms. The van der Waals surface area contributed by atoms with Crippen LogP contribution in [0.5, 0.6) is 0 Å². The molecular formula is C9H12NNaO2S. The van der Waals surface area contributed by atoms with Gasteiger partial charge < -0.3 is 9.87 Å². The third kappa shape index (κ3) is 2.45. The van der Waals surface area contributed by atoms with E-state index >= 15 is 0 Å². The van der Waals surface area contributed by atoms with Crippen molar-refractivity contribution in [1.82, 2.24) is 5.32 Å². The fraction of sp³-hybridized carbons (Fsp3) is 0.333. The van der Waals surface area contributed by atoms with E-state index in [0.717, 1.165) is 17.7 Å². The first-order chi connectivity index (χ1) is 6.29. The summed E-state index contributed by atoms with van der Waals surface area (Å²) in [5, 5.41) is 2.85. The normalized spacial score (nSPS) is 21.9. The van der Waals surface area contributed by atoms with Gasteiger partial charge >= 0.3 is 29.6 Å². The first kappa shape index (κ1) is 12.4. The summed E-state index contributed by atoms with van der Waals surface area (Å²) in [7, 11) is 0. The molecule has 2 unspecified atom stereocenters. The van der Waals surface area contributed by atoms with Gasteiger partial charge in [-0.05, 0) is 11.1 Å². The standard InChI is InChI=1S/C9H11NO2S.Na.H/c11-13(12)9-6-10-5-7-3-1-2-4-8(7)9;;/h1-4,9-10H,5-6H2,(H,11,12);;. The summed E-state index contributed by atoms with van der Waals surface area (Å²) in [6.07, 6.45) is 0. The topological polar surface area (TPSA) is 49.3 Å². The SMILES string of the molecule is O=S(O)C1CNCc2ccccc21.[NaH]. The number of rotatable bonds is 1. The summed E-state index contributed by atoms with van der Waals surface area (Å²) in [5.41, 5.74) is 2.13. The zero-order valence-corrected chi connectivity index (χ0v) is 7.88. The fourth-order valence-corrected chi connectivity index (χ4v) is 2.34. The van der Waals surface area contributed by atoms with Crippen molar-refractivity contribution >= 4 is 40.6 Å². The van der Waals surface area contributed by atoms with Crippen LogP contribution in [0.3, 0.4) is 0 Å².